The molecule has 0 aromatic heterocycles. The summed E-state index contributed by atoms with van der Waals surface area (Å²) in [6, 6.07) is 0. The molecule has 0 aliphatic carbocycles. The van der Waals surface area contributed by atoms with Crippen LogP contribution in [-0.4, -0.2) is 18.0 Å². The topological polar surface area (TPSA) is 12.0 Å². The Labute approximate surface area is 67.2 Å². The molecule has 68 valence electrons. The molecule has 0 aromatic carbocycles. The third kappa shape index (κ3) is 3.65. The van der Waals surface area contributed by atoms with Gasteiger partial charge < -0.3 is 5.32 Å². The molecule has 1 rings (SSSR count). The van der Waals surface area contributed by atoms with Gasteiger partial charge in [-0.15, -0.1) is 0 Å². The summed E-state index contributed by atoms with van der Waals surface area (Å²) in [5, 5.41) is 2.74. The van der Waals surface area contributed by atoms with Gasteiger partial charge in [-0.3, -0.25) is 0 Å². The second-order valence-corrected chi connectivity index (χ2v) is 3.27. The molecule has 0 bridgehead atoms. The molecule has 1 aliphatic heterocycles. The van der Waals surface area contributed by atoms with Crippen molar-refractivity contribution in [3.05, 3.63) is 0 Å². The fraction of sp³-hybridized carbons (Fsp3) is 1.00. The summed E-state index contributed by atoms with van der Waals surface area (Å²) >= 11 is 0. The first kappa shape index (κ1) is 10.8. The van der Waals surface area contributed by atoms with Crippen molar-refractivity contribution < 1.29 is 8.78 Å². The molecular formula is C8H17F2N. The number of hydrogen-bond donors (Lipinski definition) is 1. The van der Waals surface area contributed by atoms with Gasteiger partial charge in [0.1, 0.15) is 0 Å². The number of halogens is 2. The molecule has 0 amide bonds. The Hall–Kier alpha value is -0.180. The Morgan fingerprint density at radius 1 is 1.18 bits per heavy atom. The molecule has 0 atom stereocenters. The Morgan fingerprint density at radius 2 is 1.64 bits per heavy atom. The smallest absolute Gasteiger partial charge is 0.262 e. The highest BCUT2D eigenvalue weighted by Gasteiger charge is 2.43. The van der Waals surface area contributed by atoms with Crippen LogP contribution in [0, 0.1) is 0 Å². The maximum Gasteiger partial charge on any atom is 0.262 e. The van der Waals surface area contributed by atoms with Gasteiger partial charge in [0.25, 0.3) is 5.92 Å². The van der Waals surface area contributed by atoms with Crippen LogP contribution in [0.2, 0.25) is 0 Å². The lowest BCUT2D eigenvalue weighted by Crippen LogP contribution is -2.31. The van der Waals surface area contributed by atoms with Gasteiger partial charge in [0.2, 0.25) is 0 Å². The van der Waals surface area contributed by atoms with Crippen molar-refractivity contribution in [2.75, 3.05) is 6.54 Å². The van der Waals surface area contributed by atoms with E-state index in [0.29, 0.717) is 0 Å². The van der Waals surface area contributed by atoms with Crippen molar-refractivity contribution in [3.8, 4) is 0 Å². The Bertz CT molecular complexity index is 107. The van der Waals surface area contributed by atoms with Gasteiger partial charge in [-0.1, -0.05) is 13.8 Å². The summed E-state index contributed by atoms with van der Waals surface area (Å²) in [6.07, 6.45) is -0.0417. The van der Waals surface area contributed by atoms with Gasteiger partial charge in [0, 0.05) is 12.0 Å². The molecule has 1 fully saturated rings. The predicted molar refractivity (Wildman–Crippen MR) is 43.0 cm³/mol. The summed E-state index contributed by atoms with van der Waals surface area (Å²) in [5.74, 6) is -2.48. The van der Waals surface area contributed by atoms with E-state index >= 15 is 0 Å². The first-order chi connectivity index (χ1) is 4.91. The van der Waals surface area contributed by atoms with E-state index in [1.165, 1.54) is 0 Å². The van der Waals surface area contributed by atoms with Gasteiger partial charge in [-0.25, -0.2) is 8.78 Å². The zero-order valence-electron chi connectivity index (χ0n) is 7.67. The minimum Gasteiger partial charge on any atom is -0.306 e. The number of hydrogen-bond acceptors (Lipinski definition) is 1. The van der Waals surface area contributed by atoms with Crippen molar-refractivity contribution in [1.82, 2.24) is 5.32 Å². The zero-order chi connectivity index (χ0) is 9.12. The molecule has 1 heterocycles. The lowest BCUT2D eigenvalue weighted by atomic mass is 10.0. The lowest BCUT2D eigenvalue weighted by Gasteiger charge is -2.15. The third-order valence-electron chi connectivity index (χ3n) is 1.53. The molecule has 1 N–H and O–H groups in total. The van der Waals surface area contributed by atoms with E-state index in [1.54, 1.807) is 13.8 Å². The van der Waals surface area contributed by atoms with E-state index in [4.69, 9.17) is 0 Å². The summed E-state index contributed by atoms with van der Waals surface area (Å²) in [6.45, 7) is 7.40. The van der Waals surface area contributed by atoms with E-state index in [9.17, 15) is 8.78 Å². The van der Waals surface area contributed by atoms with Crippen LogP contribution in [-0.2, 0) is 0 Å². The van der Waals surface area contributed by atoms with Crippen molar-refractivity contribution in [2.24, 2.45) is 0 Å². The van der Waals surface area contributed by atoms with E-state index in [0.717, 1.165) is 0 Å². The van der Waals surface area contributed by atoms with Crippen LogP contribution in [0.5, 0.6) is 0 Å². The summed E-state index contributed by atoms with van der Waals surface area (Å²) in [4.78, 5) is 0. The van der Waals surface area contributed by atoms with Gasteiger partial charge >= 0.3 is 0 Å². The second-order valence-electron chi connectivity index (χ2n) is 3.27. The number of rotatable bonds is 0. The minimum absolute atomic E-state index is 0.0417. The molecule has 1 aliphatic rings. The highest BCUT2D eigenvalue weighted by atomic mass is 19.3. The molecule has 0 spiro atoms. The fourth-order valence-corrected chi connectivity index (χ4v) is 1.14. The van der Waals surface area contributed by atoms with Crippen LogP contribution < -0.4 is 5.32 Å². The predicted octanol–water partition coefficient (Wildman–Crippen LogP) is 2.42. The van der Waals surface area contributed by atoms with Crippen LogP contribution in [0.25, 0.3) is 0 Å². The van der Waals surface area contributed by atoms with E-state index in [2.05, 4.69) is 5.32 Å². The fourth-order valence-electron chi connectivity index (χ4n) is 1.14. The average Bonchev–Trinajstić information content (AvgIpc) is 2.10. The number of nitrogens with one attached hydrogen (secondary N) is 1. The van der Waals surface area contributed by atoms with Gasteiger partial charge in [-0.2, -0.15) is 0 Å². The largest absolute Gasteiger partial charge is 0.306 e. The zero-order valence-corrected chi connectivity index (χ0v) is 7.67. The standard InChI is InChI=1S/C6H11F2N.C2H6/c1-5(2)3-6(7,8)4-9-5;1-2/h9H,3-4H2,1-2H3;1-2H3. The maximum absolute atomic E-state index is 12.4. The van der Waals surface area contributed by atoms with Crippen LogP contribution in [0.15, 0.2) is 0 Å². The SMILES string of the molecule is CC.CC1(C)CC(F)(F)CN1. The molecular weight excluding hydrogens is 148 g/mol. The Morgan fingerprint density at radius 3 is 1.73 bits per heavy atom. The molecule has 1 saturated heterocycles. The summed E-state index contributed by atoms with van der Waals surface area (Å²) in [7, 11) is 0. The summed E-state index contributed by atoms with van der Waals surface area (Å²) < 4.78 is 24.8. The average molecular weight is 165 g/mol. The van der Waals surface area contributed by atoms with Crippen molar-refractivity contribution in [3.63, 3.8) is 0 Å². The van der Waals surface area contributed by atoms with Crippen LogP contribution in [0.3, 0.4) is 0 Å². The first-order valence-corrected chi connectivity index (χ1v) is 4.04. The van der Waals surface area contributed by atoms with E-state index < -0.39 is 5.92 Å². The van der Waals surface area contributed by atoms with Crippen molar-refractivity contribution in [1.29, 1.82) is 0 Å². The van der Waals surface area contributed by atoms with E-state index in [-0.39, 0.29) is 18.5 Å². The van der Waals surface area contributed by atoms with Crippen molar-refractivity contribution >= 4 is 0 Å². The monoisotopic (exact) mass is 165 g/mol. The molecule has 0 aromatic rings. The lowest BCUT2D eigenvalue weighted by molar-refractivity contribution is 0.0177. The molecule has 11 heavy (non-hydrogen) atoms. The molecule has 3 heteroatoms. The van der Waals surface area contributed by atoms with Gasteiger partial charge in [0.15, 0.2) is 0 Å². The Kier molecular flexibility index (Phi) is 3.42. The van der Waals surface area contributed by atoms with Crippen LogP contribution in [0.4, 0.5) is 8.78 Å². The highest BCUT2D eigenvalue weighted by Crippen LogP contribution is 2.31. The number of alkyl halides is 2. The van der Waals surface area contributed by atoms with Gasteiger partial charge in [0.05, 0.1) is 6.54 Å². The molecule has 0 saturated carbocycles. The van der Waals surface area contributed by atoms with Crippen LogP contribution >= 0.6 is 0 Å². The quantitative estimate of drug-likeness (QED) is 0.581. The molecule has 1 nitrogen and oxygen atoms in total. The second kappa shape index (κ2) is 3.48. The highest BCUT2D eigenvalue weighted by molar-refractivity contribution is 4.93. The van der Waals surface area contributed by atoms with Crippen molar-refractivity contribution in [2.45, 2.75) is 45.6 Å². The minimum atomic E-state index is -2.48. The van der Waals surface area contributed by atoms with Gasteiger partial charge in [-0.05, 0) is 13.8 Å². The molecule has 0 unspecified atom stereocenters. The maximum atomic E-state index is 12.4. The summed E-state index contributed by atoms with van der Waals surface area (Å²) in [5.41, 5.74) is -0.372. The first-order valence-electron chi connectivity index (χ1n) is 4.04. The molecule has 0 radical (unpaired) electrons. The Balaban J connectivity index is 0.000000461. The third-order valence-corrected chi connectivity index (χ3v) is 1.53. The van der Waals surface area contributed by atoms with E-state index in [1.807, 2.05) is 13.8 Å². The normalized spacial score (nSPS) is 25.6. The van der Waals surface area contributed by atoms with Crippen LogP contribution in [0.1, 0.15) is 34.1 Å².